The standard InChI is InChI=1S/C29H29F5N6O4S/c1-5-20-24(26-25(29(32,33)34)16(4)6-23(35)37-26)21(30)7-17-8-38-9-18(12-45(42,43)13-19(38)11-44-27(17)20)40(15(2)3)28(41)39-10-22(31)36-14-39/h1,6-7,10,14-15,18-19H,8-9,11-13H2,2-4H3,(H2,35,37). The summed E-state index contributed by atoms with van der Waals surface area (Å²) in [4.78, 5) is 23.6. The van der Waals surface area contributed by atoms with Crippen molar-refractivity contribution in [1.82, 2.24) is 24.3 Å². The SMILES string of the molecule is C#Cc1c2c(cc(F)c1-c1nc(N)cc(C)c1C(F)(F)F)CN1CC(N(C(=O)n3cnc(F)c3)C(C)C)CS(=O)(=O)CC1CO2. The van der Waals surface area contributed by atoms with Crippen molar-refractivity contribution < 1.29 is 39.9 Å². The van der Waals surface area contributed by atoms with Gasteiger partial charge in [-0.05, 0) is 38.5 Å². The van der Waals surface area contributed by atoms with Crippen molar-refractivity contribution in [2.24, 2.45) is 0 Å². The van der Waals surface area contributed by atoms with Crippen LogP contribution in [0, 0.1) is 31.0 Å². The van der Waals surface area contributed by atoms with Gasteiger partial charge in [-0.15, -0.1) is 6.42 Å². The number of terminal acetylenes is 1. The fraction of sp³-hybridized carbons (Fsp3) is 0.414. The van der Waals surface area contributed by atoms with Crippen LogP contribution in [0.4, 0.5) is 32.6 Å². The number of aryl methyl sites for hydroxylation is 1. The van der Waals surface area contributed by atoms with E-state index in [9.17, 15) is 30.8 Å². The van der Waals surface area contributed by atoms with Crippen molar-refractivity contribution >= 4 is 21.7 Å². The van der Waals surface area contributed by atoms with Gasteiger partial charge in [0.1, 0.15) is 30.3 Å². The van der Waals surface area contributed by atoms with E-state index in [4.69, 9.17) is 16.9 Å². The number of hydrogen-bond donors (Lipinski definition) is 1. The van der Waals surface area contributed by atoms with Crippen molar-refractivity contribution in [1.29, 1.82) is 0 Å². The summed E-state index contributed by atoms with van der Waals surface area (Å²) in [5, 5.41) is 0. The number of halogens is 5. The third kappa shape index (κ3) is 6.19. The molecule has 2 aliphatic heterocycles. The first-order valence-electron chi connectivity index (χ1n) is 13.8. The molecule has 0 saturated carbocycles. The Morgan fingerprint density at radius 2 is 1.96 bits per heavy atom. The number of fused-ring (bicyclic) bond motifs is 2. The number of carbonyl (C=O) groups is 1. The van der Waals surface area contributed by atoms with E-state index >= 15 is 4.39 Å². The second-order valence-electron chi connectivity index (χ2n) is 11.3. The molecule has 240 valence electrons. The summed E-state index contributed by atoms with van der Waals surface area (Å²) in [6.07, 6.45) is 2.69. The Labute approximate surface area is 255 Å². The van der Waals surface area contributed by atoms with E-state index in [1.54, 1.807) is 18.7 Å². The number of carbonyl (C=O) groups excluding carboxylic acids is 1. The molecule has 16 heteroatoms. The number of nitrogens with zero attached hydrogens (tertiary/aromatic N) is 5. The third-order valence-corrected chi connectivity index (χ3v) is 9.59. The molecule has 0 radical (unpaired) electrons. The maximum Gasteiger partial charge on any atom is 0.418 e. The lowest BCUT2D eigenvalue weighted by atomic mass is 9.94. The Kier molecular flexibility index (Phi) is 8.30. The number of anilines is 1. The third-order valence-electron chi connectivity index (χ3n) is 7.80. The van der Waals surface area contributed by atoms with Crippen molar-refractivity contribution in [2.45, 2.75) is 51.6 Å². The molecule has 1 amide bonds. The molecule has 2 atom stereocenters. The zero-order valence-electron chi connectivity index (χ0n) is 24.4. The Hall–Kier alpha value is -4.23. The van der Waals surface area contributed by atoms with Gasteiger partial charge in [0.15, 0.2) is 9.84 Å². The molecule has 2 N–H and O–H groups in total. The van der Waals surface area contributed by atoms with Crippen molar-refractivity contribution in [3.8, 4) is 29.4 Å². The number of hydrogen-bond acceptors (Lipinski definition) is 8. The number of nitrogen functional groups attached to an aromatic ring is 1. The minimum absolute atomic E-state index is 0.00323. The van der Waals surface area contributed by atoms with Crippen molar-refractivity contribution in [3.05, 3.63) is 58.7 Å². The minimum atomic E-state index is -4.92. The zero-order valence-corrected chi connectivity index (χ0v) is 25.2. The van der Waals surface area contributed by atoms with Crippen LogP contribution in [0.1, 0.15) is 36.1 Å². The zero-order chi connectivity index (χ0) is 33.0. The second-order valence-corrected chi connectivity index (χ2v) is 13.5. The molecule has 0 spiro atoms. The van der Waals surface area contributed by atoms with Gasteiger partial charge < -0.3 is 15.4 Å². The lowest BCUT2D eigenvalue weighted by molar-refractivity contribution is -0.137. The van der Waals surface area contributed by atoms with Crippen LogP contribution in [0.5, 0.6) is 5.75 Å². The average molecular weight is 653 g/mol. The van der Waals surface area contributed by atoms with E-state index < -0.39 is 74.5 Å². The number of pyridine rings is 1. The summed E-state index contributed by atoms with van der Waals surface area (Å²) in [5.74, 6) is -0.893. The molecule has 1 saturated heterocycles. The Balaban J connectivity index is 1.59. The maximum absolute atomic E-state index is 15.9. The molecule has 1 aromatic carbocycles. The Morgan fingerprint density at radius 1 is 1.24 bits per heavy atom. The van der Waals surface area contributed by atoms with E-state index in [1.807, 2.05) is 0 Å². The molecule has 4 heterocycles. The average Bonchev–Trinajstić information content (AvgIpc) is 3.22. The first-order chi connectivity index (χ1) is 21.0. The van der Waals surface area contributed by atoms with Crippen LogP contribution >= 0.6 is 0 Å². The molecule has 45 heavy (non-hydrogen) atoms. The maximum atomic E-state index is 15.9. The van der Waals surface area contributed by atoms with Crippen LogP contribution in [-0.4, -0.2) is 81.6 Å². The number of amides is 1. The van der Waals surface area contributed by atoms with Gasteiger partial charge in [0, 0.05) is 24.7 Å². The molecule has 2 aliphatic rings. The highest BCUT2D eigenvalue weighted by molar-refractivity contribution is 7.91. The number of alkyl halides is 3. The lowest BCUT2D eigenvalue weighted by Gasteiger charge is -2.36. The minimum Gasteiger partial charge on any atom is -0.490 e. The first-order valence-corrected chi connectivity index (χ1v) is 15.6. The van der Waals surface area contributed by atoms with Gasteiger partial charge in [-0.1, -0.05) is 5.92 Å². The van der Waals surface area contributed by atoms with E-state index in [1.165, 1.54) is 11.8 Å². The van der Waals surface area contributed by atoms with Crippen molar-refractivity contribution in [2.75, 3.05) is 30.4 Å². The van der Waals surface area contributed by atoms with Crippen LogP contribution < -0.4 is 10.5 Å². The van der Waals surface area contributed by atoms with E-state index in [-0.39, 0.29) is 53.7 Å². The number of ether oxygens (including phenoxy) is 1. The molecule has 0 bridgehead atoms. The fourth-order valence-electron chi connectivity index (χ4n) is 6.05. The summed E-state index contributed by atoms with van der Waals surface area (Å²) in [6.45, 7) is 4.17. The molecule has 2 unspecified atom stereocenters. The second kappa shape index (κ2) is 11.6. The highest BCUT2D eigenvalue weighted by atomic mass is 32.2. The molecule has 5 rings (SSSR count). The lowest BCUT2D eigenvalue weighted by Crippen LogP contribution is -2.53. The highest BCUT2D eigenvalue weighted by Crippen LogP contribution is 2.44. The topological polar surface area (TPSA) is 124 Å². The van der Waals surface area contributed by atoms with E-state index in [0.717, 1.165) is 29.2 Å². The van der Waals surface area contributed by atoms with Gasteiger partial charge in [-0.3, -0.25) is 9.47 Å². The number of benzene rings is 1. The summed E-state index contributed by atoms with van der Waals surface area (Å²) >= 11 is 0. The van der Waals surface area contributed by atoms with Gasteiger partial charge in [0.2, 0.25) is 5.95 Å². The quantitative estimate of drug-likeness (QED) is 0.335. The Morgan fingerprint density at radius 3 is 2.56 bits per heavy atom. The molecular formula is C29H29F5N6O4S. The number of imidazole rings is 1. The monoisotopic (exact) mass is 652 g/mol. The van der Waals surface area contributed by atoms with Crippen LogP contribution in [-0.2, 0) is 22.6 Å². The normalized spacial score (nSPS) is 19.9. The highest BCUT2D eigenvalue weighted by Gasteiger charge is 2.42. The van der Waals surface area contributed by atoms with Crippen molar-refractivity contribution in [3.63, 3.8) is 0 Å². The molecule has 10 nitrogen and oxygen atoms in total. The van der Waals surface area contributed by atoms with E-state index in [2.05, 4.69) is 15.9 Å². The first kappa shape index (κ1) is 32.2. The fourth-order valence-corrected chi connectivity index (χ4v) is 7.94. The molecule has 2 aromatic heterocycles. The summed E-state index contributed by atoms with van der Waals surface area (Å²) < 4.78 is 105. The summed E-state index contributed by atoms with van der Waals surface area (Å²) in [5.41, 5.74) is 2.69. The van der Waals surface area contributed by atoms with Crippen LogP contribution in [0.2, 0.25) is 0 Å². The van der Waals surface area contributed by atoms with Crippen LogP contribution in [0.15, 0.2) is 24.7 Å². The predicted molar refractivity (Wildman–Crippen MR) is 154 cm³/mol. The molecule has 1 fully saturated rings. The predicted octanol–water partition coefficient (Wildman–Crippen LogP) is 3.85. The number of rotatable bonds is 3. The van der Waals surface area contributed by atoms with Crippen LogP contribution in [0.3, 0.4) is 0 Å². The van der Waals surface area contributed by atoms with Crippen LogP contribution in [0.25, 0.3) is 11.3 Å². The summed E-state index contributed by atoms with van der Waals surface area (Å²) in [6, 6.07) is -0.890. The molecular weight excluding hydrogens is 623 g/mol. The van der Waals surface area contributed by atoms with Gasteiger partial charge >= 0.3 is 12.2 Å². The van der Waals surface area contributed by atoms with E-state index in [0.29, 0.717) is 0 Å². The number of nitrogens with two attached hydrogens (primary N) is 1. The molecule has 0 aliphatic carbocycles. The smallest absolute Gasteiger partial charge is 0.418 e. The number of sulfone groups is 1. The largest absolute Gasteiger partial charge is 0.490 e. The summed E-state index contributed by atoms with van der Waals surface area (Å²) in [7, 11) is -3.82. The Bertz CT molecular complexity index is 1820. The van der Waals surface area contributed by atoms with Gasteiger partial charge in [0.25, 0.3) is 0 Å². The van der Waals surface area contributed by atoms with Gasteiger partial charge in [-0.2, -0.15) is 17.6 Å². The number of aromatic nitrogens is 3. The molecule has 3 aromatic rings. The van der Waals surface area contributed by atoms with Gasteiger partial charge in [0.05, 0.1) is 52.2 Å². The van der Waals surface area contributed by atoms with Gasteiger partial charge in [-0.25, -0.2) is 27.6 Å².